The third-order valence-corrected chi connectivity index (χ3v) is 5.41. The number of carbonyl (C=O) groups is 2. The molecule has 0 unspecified atom stereocenters. The first kappa shape index (κ1) is 16.4. The molecule has 2 aliphatic rings. The van der Waals surface area contributed by atoms with E-state index in [0.29, 0.717) is 17.9 Å². The smallest absolute Gasteiger partial charge is 0.341 e. The molecule has 1 atom stereocenters. The van der Waals surface area contributed by atoms with Crippen LogP contribution in [-0.4, -0.2) is 66.0 Å². The van der Waals surface area contributed by atoms with Crippen molar-refractivity contribution in [1.29, 1.82) is 0 Å². The van der Waals surface area contributed by atoms with Crippen molar-refractivity contribution in [2.75, 3.05) is 38.2 Å². The molecule has 3 rings (SSSR count). The van der Waals surface area contributed by atoms with Gasteiger partial charge in [-0.2, -0.15) is 11.8 Å². The molecule has 0 saturated carbocycles. The molecule has 1 aromatic rings. The van der Waals surface area contributed by atoms with Gasteiger partial charge in [-0.15, -0.1) is 0 Å². The zero-order chi connectivity index (χ0) is 16.2. The lowest BCUT2D eigenvalue weighted by Gasteiger charge is -2.32. The maximum absolute atomic E-state index is 12.8. The van der Waals surface area contributed by atoms with E-state index in [1.165, 1.54) is 13.4 Å². The first-order valence-electron chi connectivity index (χ1n) is 7.96. The predicted octanol–water partition coefficient (Wildman–Crippen LogP) is 1.61. The maximum Gasteiger partial charge on any atom is 0.341 e. The SMILES string of the molecule is COC(=O)c1ccoc1CN1CCC[C@@H]1C(=O)N1CCSCC1. The third kappa shape index (κ3) is 3.55. The van der Waals surface area contributed by atoms with Gasteiger partial charge >= 0.3 is 5.97 Å². The average molecular weight is 338 g/mol. The van der Waals surface area contributed by atoms with Gasteiger partial charge in [0.2, 0.25) is 5.91 Å². The van der Waals surface area contributed by atoms with Crippen molar-refractivity contribution in [2.24, 2.45) is 0 Å². The van der Waals surface area contributed by atoms with E-state index in [2.05, 4.69) is 4.90 Å². The lowest BCUT2D eigenvalue weighted by molar-refractivity contribution is -0.135. The Labute approximate surface area is 140 Å². The highest BCUT2D eigenvalue weighted by Crippen LogP contribution is 2.25. The van der Waals surface area contributed by atoms with Crippen molar-refractivity contribution in [3.8, 4) is 0 Å². The van der Waals surface area contributed by atoms with Crippen LogP contribution < -0.4 is 0 Å². The number of likely N-dealkylation sites (tertiary alicyclic amines) is 1. The molecular formula is C16H22N2O4S. The lowest BCUT2D eigenvalue weighted by Crippen LogP contribution is -2.48. The van der Waals surface area contributed by atoms with Crippen molar-refractivity contribution >= 4 is 23.6 Å². The van der Waals surface area contributed by atoms with Gasteiger partial charge in [0, 0.05) is 24.6 Å². The summed E-state index contributed by atoms with van der Waals surface area (Å²) in [5.41, 5.74) is 0.444. The molecule has 2 aliphatic heterocycles. The molecule has 3 heterocycles. The van der Waals surface area contributed by atoms with Crippen LogP contribution in [0.15, 0.2) is 16.7 Å². The van der Waals surface area contributed by atoms with Crippen LogP contribution in [0.5, 0.6) is 0 Å². The number of furan rings is 1. The molecule has 0 spiro atoms. The van der Waals surface area contributed by atoms with Gasteiger partial charge < -0.3 is 14.1 Å². The summed E-state index contributed by atoms with van der Waals surface area (Å²) in [7, 11) is 1.36. The van der Waals surface area contributed by atoms with E-state index in [4.69, 9.17) is 9.15 Å². The molecule has 2 saturated heterocycles. The highest BCUT2D eigenvalue weighted by Gasteiger charge is 2.35. The Kier molecular flexibility index (Phi) is 5.27. The van der Waals surface area contributed by atoms with Gasteiger partial charge in [-0.3, -0.25) is 9.69 Å². The number of hydrogen-bond donors (Lipinski definition) is 0. The summed E-state index contributed by atoms with van der Waals surface area (Å²) in [4.78, 5) is 28.6. The summed E-state index contributed by atoms with van der Waals surface area (Å²) in [6.45, 7) is 2.99. The van der Waals surface area contributed by atoms with E-state index in [0.717, 1.165) is 44.0 Å². The van der Waals surface area contributed by atoms with Crippen LogP contribution in [0.3, 0.4) is 0 Å². The zero-order valence-electron chi connectivity index (χ0n) is 13.3. The minimum atomic E-state index is -0.399. The summed E-state index contributed by atoms with van der Waals surface area (Å²) in [6, 6.07) is 1.52. The summed E-state index contributed by atoms with van der Waals surface area (Å²) in [5.74, 6) is 2.43. The number of amides is 1. The van der Waals surface area contributed by atoms with E-state index in [1.807, 2.05) is 16.7 Å². The Morgan fingerprint density at radius 2 is 2.13 bits per heavy atom. The molecule has 0 radical (unpaired) electrons. The summed E-state index contributed by atoms with van der Waals surface area (Å²) in [6.07, 6.45) is 3.36. The topological polar surface area (TPSA) is 63.0 Å². The normalized spacial score (nSPS) is 22.3. The fourth-order valence-corrected chi connectivity index (χ4v) is 4.13. The first-order chi connectivity index (χ1) is 11.2. The molecule has 1 aromatic heterocycles. The molecule has 0 aliphatic carbocycles. The Morgan fingerprint density at radius 1 is 1.35 bits per heavy atom. The van der Waals surface area contributed by atoms with Crippen molar-refractivity contribution in [3.05, 3.63) is 23.7 Å². The number of esters is 1. The summed E-state index contributed by atoms with van der Waals surface area (Å²) in [5, 5.41) is 0. The quantitative estimate of drug-likeness (QED) is 0.777. The van der Waals surface area contributed by atoms with Gasteiger partial charge in [0.25, 0.3) is 0 Å². The van der Waals surface area contributed by atoms with Crippen molar-refractivity contribution in [2.45, 2.75) is 25.4 Å². The van der Waals surface area contributed by atoms with Gasteiger partial charge in [-0.25, -0.2) is 4.79 Å². The molecule has 7 heteroatoms. The zero-order valence-corrected chi connectivity index (χ0v) is 14.1. The van der Waals surface area contributed by atoms with Crippen LogP contribution in [-0.2, 0) is 16.1 Å². The maximum atomic E-state index is 12.8. The second-order valence-electron chi connectivity index (χ2n) is 5.82. The fourth-order valence-electron chi connectivity index (χ4n) is 3.23. The second-order valence-corrected chi connectivity index (χ2v) is 7.04. The number of nitrogens with zero attached hydrogens (tertiary/aromatic N) is 2. The second kappa shape index (κ2) is 7.40. The van der Waals surface area contributed by atoms with Crippen molar-refractivity contribution in [3.63, 3.8) is 0 Å². The minimum Gasteiger partial charge on any atom is -0.467 e. The van der Waals surface area contributed by atoms with Crippen LogP contribution in [0.1, 0.15) is 29.0 Å². The average Bonchev–Trinajstić information content (AvgIpc) is 3.24. The third-order valence-electron chi connectivity index (χ3n) is 4.47. The largest absolute Gasteiger partial charge is 0.467 e. The number of carbonyl (C=O) groups excluding carboxylic acids is 2. The number of methoxy groups -OCH3 is 1. The van der Waals surface area contributed by atoms with Crippen LogP contribution in [0, 0.1) is 0 Å². The molecule has 6 nitrogen and oxygen atoms in total. The van der Waals surface area contributed by atoms with Crippen molar-refractivity contribution in [1.82, 2.24) is 9.80 Å². The molecule has 2 fully saturated rings. The molecule has 126 valence electrons. The van der Waals surface area contributed by atoms with E-state index in [-0.39, 0.29) is 11.9 Å². The van der Waals surface area contributed by atoms with E-state index < -0.39 is 5.97 Å². The number of thioether (sulfide) groups is 1. The Hall–Kier alpha value is -1.47. The van der Waals surface area contributed by atoms with E-state index in [9.17, 15) is 9.59 Å². The van der Waals surface area contributed by atoms with Gasteiger partial charge in [0.1, 0.15) is 11.3 Å². The van der Waals surface area contributed by atoms with Crippen molar-refractivity contribution < 1.29 is 18.7 Å². The van der Waals surface area contributed by atoms with Gasteiger partial charge in [0.05, 0.1) is 26.0 Å². The van der Waals surface area contributed by atoms with Crippen LogP contribution in [0.25, 0.3) is 0 Å². The Balaban J connectivity index is 1.68. The number of rotatable bonds is 4. The minimum absolute atomic E-state index is 0.103. The number of ether oxygens (including phenoxy) is 1. The standard InChI is InChI=1S/C16H22N2O4S/c1-21-16(20)12-4-8-22-14(12)11-18-5-2-3-13(18)15(19)17-6-9-23-10-7-17/h4,8,13H,2-3,5-7,9-11H2,1H3/t13-/m1/s1. The van der Waals surface area contributed by atoms with Crippen LogP contribution in [0.4, 0.5) is 0 Å². The van der Waals surface area contributed by atoms with Gasteiger partial charge in [0.15, 0.2) is 0 Å². The monoisotopic (exact) mass is 338 g/mol. The lowest BCUT2D eigenvalue weighted by atomic mass is 10.1. The van der Waals surface area contributed by atoms with Crippen LogP contribution >= 0.6 is 11.8 Å². The first-order valence-corrected chi connectivity index (χ1v) is 9.11. The molecule has 0 N–H and O–H groups in total. The van der Waals surface area contributed by atoms with Gasteiger partial charge in [-0.1, -0.05) is 0 Å². The Morgan fingerprint density at radius 3 is 2.87 bits per heavy atom. The highest BCUT2D eigenvalue weighted by atomic mass is 32.2. The van der Waals surface area contributed by atoms with Crippen LogP contribution in [0.2, 0.25) is 0 Å². The Bertz CT molecular complexity index is 568. The molecule has 0 aromatic carbocycles. The molecular weight excluding hydrogens is 316 g/mol. The summed E-state index contributed by atoms with van der Waals surface area (Å²) >= 11 is 1.90. The van der Waals surface area contributed by atoms with E-state index in [1.54, 1.807) is 6.07 Å². The van der Waals surface area contributed by atoms with Gasteiger partial charge in [-0.05, 0) is 25.5 Å². The summed E-state index contributed by atoms with van der Waals surface area (Å²) < 4.78 is 10.2. The molecule has 23 heavy (non-hydrogen) atoms. The highest BCUT2D eigenvalue weighted by molar-refractivity contribution is 7.99. The predicted molar refractivity (Wildman–Crippen MR) is 87.4 cm³/mol. The molecule has 0 bridgehead atoms. The fraction of sp³-hybridized carbons (Fsp3) is 0.625. The van der Waals surface area contributed by atoms with E-state index >= 15 is 0 Å². The molecule has 1 amide bonds. The number of hydrogen-bond acceptors (Lipinski definition) is 6.